The minimum Gasteiger partial charge on any atom is -0.396 e. The van der Waals surface area contributed by atoms with Gasteiger partial charge in [0.25, 0.3) is 0 Å². The van der Waals surface area contributed by atoms with E-state index in [9.17, 15) is 0 Å². The van der Waals surface area contributed by atoms with Gasteiger partial charge in [0, 0.05) is 19.7 Å². The van der Waals surface area contributed by atoms with E-state index in [2.05, 4.69) is 14.9 Å². The molecule has 1 fully saturated rings. The second-order valence-corrected chi connectivity index (χ2v) is 3.93. The van der Waals surface area contributed by atoms with Gasteiger partial charge in [-0.3, -0.25) is 0 Å². The third-order valence-corrected chi connectivity index (χ3v) is 2.81. The molecule has 0 saturated carbocycles. The Balaban J connectivity index is 1.98. The number of aromatic nitrogens is 2. The molecular formula is C10H16N4O. The first-order valence-corrected chi connectivity index (χ1v) is 5.23. The second kappa shape index (κ2) is 4.44. The topological polar surface area (TPSA) is 75.3 Å². The van der Waals surface area contributed by atoms with Crippen molar-refractivity contribution in [3.8, 4) is 0 Å². The van der Waals surface area contributed by atoms with Crippen LogP contribution in [0.25, 0.3) is 0 Å². The molecule has 0 bridgehead atoms. The average Bonchev–Trinajstić information content (AvgIpc) is 2.30. The monoisotopic (exact) mass is 208 g/mol. The van der Waals surface area contributed by atoms with Gasteiger partial charge in [-0.15, -0.1) is 0 Å². The number of hydrogen-bond acceptors (Lipinski definition) is 5. The van der Waals surface area contributed by atoms with E-state index in [1.165, 1.54) is 0 Å². The van der Waals surface area contributed by atoms with Crippen molar-refractivity contribution in [1.82, 2.24) is 9.97 Å². The van der Waals surface area contributed by atoms with Crippen LogP contribution in [0.15, 0.2) is 12.4 Å². The summed E-state index contributed by atoms with van der Waals surface area (Å²) in [4.78, 5) is 10.5. The minimum atomic E-state index is 0.288. The van der Waals surface area contributed by atoms with Crippen molar-refractivity contribution in [3.05, 3.63) is 12.4 Å². The highest BCUT2D eigenvalue weighted by molar-refractivity contribution is 5.38. The Morgan fingerprint density at radius 2 is 1.93 bits per heavy atom. The summed E-state index contributed by atoms with van der Waals surface area (Å²) in [6.07, 6.45) is 5.26. The van der Waals surface area contributed by atoms with Crippen molar-refractivity contribution in [2.75, 3.05) is 30.3 Å². The van der Waals surface area contributed by atoms with Gasteiger partial charge in [0.05, 0.1) is 18.1 Å². The average molecular weight is 208 g/mol. The van der Waals surface area contributed by atoms with Gasteiger partial charge < -0.3 is 15.7 Å². The van der Waals surface area contributed by atoms with E-state index in [-0.39, 0.29) is 6.61 Å². The van der Waals surface area contributed by atoms with Crippen LogP contribution in [0.3, 0.4) is 0 Å². The van der Waals surface area contributed by atoms with Crippen LogP contribution in [0, 0.1) is 5.92 Å². The first-order valence-electron chi connectivity index (χ1n) is 5.23. The Morgan fingerprint density at radius 3 is 2.47 bits per heavy atom. The molecule has 2 heterocycles. The number of nitrogens with two attached hydrogens (primary N) is 1. The summed E-state index contributed by atoms with van der Waals surface area (Å²) in [6, 6.07) is 0. The predicted molar refractivity (Wildman–Crippen MR) is 58.5 cm³/mol. The summed E-state index contributed by atoms with van der Waals surface area (Å²) in [7, 11) is 0. The summed E-state index contributed by atoms with van der Waals surface area (Å²) < 4.78 is 0. The van der Waals surface area contributed by atoms with E-state index in [4.69, 9.17) is 10.8 Å². The first kappa shape index (κ1) is 10.2. The molecule has 0 atom stereocenters. The van der Waals surface area contributed by atoms with Crippen molar-refractivity contribution in [2.24, 2.45) is 5.92 Å². The third kappa shape index (κ3) is 2.36. The Labute approximate surface area is 88.9 Å². The lowest BCUT2D eigenvalue weighted by molar-refractivity contribution is 0.202. The molecule has 0 spiro atoms. The van der Waals surface area contributed by atoms with Crippen molar-refractivity contribution in [2.45, 2.75) is 12.8 Å². The fourth-order valence-corrected chi connectivity index (χ4v) is 1.81. The molecule has 82 valence electrons. The van der Waals surface area contributed by atoms with Gasteiger partial charge in [0.1, 0.15) is 0 Å². The summed E-state index contributed by atoms with van der Waals surface area (Å²) in [5, 5.41) is 9.02. The van der Waals surface area contributed by atoms with Crippen LogP contribution in [0.1, 0.15) is 12.8 Å². The van der Waals surface area contributed by atoms with Crippen molar-refractivity contribution < 1.29 is 5.11 Å². The Morgan fingerprint density at radius 1 is 1.33 bits per heavy atom. The van der Waals surface area contributed by atoms with Gasteiger partial charge in [-0.2, -0.15) is 0 Å². The number of rotatable bonds is 2. The van der Waals surface area contributed by atoms with Crippen LogP contribution in [0.4, 0.5) is 11.6 Å². The zero-order chi connectivity index (χ0) is 10.7. The molecule has 3 N–H and O–H groups in total. The number of aliphatic hydroxyl groups is 1. The number of nitrogen functional groups attached to an aromatic ring is 1. The lowest BCUT2D eigenvalue weighted by Crippen LogP contribution is -2.35. The molecular weight excluding hydrogens is 192 g/mol. The van der Waals surface area contributed by atoms with E-state index in [1.54, 1.807) is 12.4 Å². The fourth-order valence-electron chi connectivity index (χ4n) is 1.81. The normalized spacial score (nSPS) is 18.1. The van der Waals surface area contributed by atoms with E-state index >= 15 is 0 Å². The number of anilines is 2. The molecule has 0 unspecified atom stereocenters. The van der Waals surface area contributed by atoms with E-state index in [1.807, 2.05) is 0 Å². The molecule has 15 heavy (non-hydrogen) atoms. The van der Waals surface area contributed by atoms with Gasteiger partial charge in [0.15, 0.2) is 0 Å². The van der Waals surface area contributed by atoms with Crippen molar-refractivity contribution in [3.63, 3.8) is 0 Å². The van der Waals surface area contributed by atoms with Gasteiger partial charge in [-0.25, -0.2) is 9.97 Å². The molecule has 1 aromatic heterocycles. The maximum Gasteiger partial charge on any atom is 0.225 e. The molecule has 1 aliphatic rings. The van der Waals surface area contributed by atoms with E-state index in [0.717, 1.165) is 31.9 Å². The molecule has 0 amide bonds. The SMILES string of the molecule is Nc1cnc(N2CCC(CO)CC2)nc1. The standard InChI is InChI=1S/C10H16N4O/c11-9-5-12-10(13-6-9)14-3-1-8(7-15)2-4-14/h5-6,8,15H,1-4,7,11H2. The zero-order valence-electron chi connectivity index (χ0n) is 8.63. The van der Waals surface area contributed by atoms with E-state index in [0.29, 0.717) is 11.6 Å². The molecule has 1 aromatic rings. The van der Waals surface area contributed by atoms with Gasteiger partial charge in [0.2, 0.25) is 5.95 Å². The zero-order valence-corrected chi connectivity index (χ0v) is 8.63. The Bertz CT molecular complexity index is 306. The largest absolute Gasteiger partial charge is 0.396 e. The van der Waals surface area contributed by atoms with Crippen LogP contribution in [-0.4, -0.2) is 34.8 Å². The summed E-state index contributed by atoms with van der Waals surface area (Å²) in [5.74, 6) is 1.18. The quantitative estimate of drug-likeness (QED) is 0.729. The Hall–Kier alpha value is -1.36. The van der Waals surface area contributed by atoms with Crippen LogP contribution in [0.5, 0.6) is 0 Å². The molecule has 5 heteroatoms. The van der Waals surface area contributed by atoms with Crippen LogP contribution < -0.4 is 10.6 Å². The Kier molecular flexibility index (Phi) is 3.01. The maximum absolute atomic E-state index is 9.02. The number of hydrogen-bond donors (Lipinski definition) is 2. The lowest BCUT2D eigenvalue weighted by atomic mass is 9.98. The molecule has 0 aromatic carbocycles. The number of nitrogens with zero attached hydrogens (tertiary/aromatic N) is 3. The number of piperidine rings is 1. The highest BCUT2D eigenvalue weighted by Gasteiger charge is 2.19. The van der Waals surface area contributed by atoms with Crippen molar-refractivity contribution in [1.29, 1.82) is 0 Å². The first-order chi connectivity index (χ1) is 7.29. The molecule has 0 aliphatic carbocycles. The van der Waals surface area contributed by atoms with E-state index < -0.39 is 0 Å². The summed E-state index contributed by atoms with van der Waals surface area (Å²) in [5.41, 5.74) is 6.11. The predicted octanol–water partition coefficient (Wildman–Crippen LogP) is 0.267. The fraction of sp³-hybridized carbons (Fsp3) is 0.600. The van der Waals surface area contributed by atoms with Gasteiger partial charge >= 0.3 is 0 Å². The summed E-state index contributed by atoms with van der Waals surface area (Å²) in [6.45, 7) is 2.11. The molecule has 0 radical (unpaired) electrons. The van der Waals surface area contributed by atoms with Gasteiger partial charge in [-0.1, -0.05) is 0 Å². The molecule has 2 rings (SSSR count). The smallest absolute Gasteiger partial charge is 0.225 e. The lowest BCUT2D eigenvalue weighted by Gasteiger charge is -2.30. The third-order valence-electron chi connectivity index (χ3n) is 2.81. The van der Waals surface area contributed by atoms with Crippen LogP contribution >= 0.6 is 0 Å². The van der Waals surface area contributed by atoms with Gasteiger partial charge in [-0.05, 0) is 18.8 Å². The van der Waals surface area contributed by atoms with Crippen LogP contribution in [0.2, 0.25) is 0 Å². The highest BCUT2D eigenvalue weighted by atomic mass is 16.3. The highest BCUT2D eigenvalue weighted by Crippen LogP contribution is 2.19. The maximum atomic E-state index is 9.02. The van der Waals surface area contributed by atoms with Crippen molar-refractivity contribution >= 4 is 11.6 Å². The minimum absolute atomic E-state index is 0.288. The summed E-state index contributed by atoms with van der Waals surface area (Å²) >= 11 is 0. The molecule has 1 saturated heterocycles. The van der Waals surface area contributed by atoms with Crippen LogP contribution in [-0.2, 0) is 0 Å². The molecule has 5 nitrogen and oxygen atoms in total. The second-order valence-electron chi connectivity index (χ2n) is 3.93. The number of aliphatic hydroxyl groups excluding tert-OH is 1. The molecule has 1 aliphatic heterocycles.